The molecule has 1 aliphatic rings. The second kappa shape index (κ2) is 13.2. The monoisotopic (exact) mass is 767 g/mol. The first-order valence-electron chi connectivity index (χ1n) is 20.5. The van der Waals surface area contributed by atoms with Crippen molar-refractivity contribution in [3.05, 3.63) is 199 Å². The van der Waals surface area contributed by atoms with Gasteiger partial charge in [-0.3, -0.25) is 0 Å². The molecule has 4 nitrogen and oxygen atoms in total. The van der Waals surface area contributed by atoms with E-state index in [1.54, 1.807) is 0 Å². The van der Waals surface area contributed by atoms with Crippen LogP contribution < -0.4 is 0 Å². The summed E-state index contributed by atoms with van der Waals surface area (Å²) in [6.07, 6.45) is 0. The largest absolute Gasteiger partial charge is 0.455 e. The summed E-state index contributed by atoms with van der Waals surface area (Å²) in [4.78, 5) is 15.6. The Hall–Kier alpha value is -7.69. The maximum Gasteiger partial charge on any atom is 0.160 e. The zero-order valence-electron chi connectivity index (χ0n) is 33.1. The molecular formula is C56H37N3O. The molecular weight excluding hydrogens is 731 g/mol. The quantitative estimate of drug-likeness (QED) is 0.164. The van der Waals surface area contributed by atoms with E-state index in [4.69, 9.17) is 19.4 Å². The SMILES string of the molecule is CC1(C)c2ccccc2-c2cc(-c3nc(-c4ccccc4)cc(-c4cccc(-c5ccc6c(c5)oc5c6ccc6c(-c7ccccc7)nc7ccccc7c65)c4)n3)ccc21. The Labute approximate surface area is 347 Å². The van der Waals surface area contributed by atoms with E-state index in [1.807, 2.05) is 18.2 Å². The lowest BCUT2D eigenvalue weighted by Crippen LogP contribution is -2.14. The van der Waals surface area contributed by atoms with Gasteiger partial charge in [-0.15, -0.1) is 0 Å². The van der Waals surface area contributed by atoms with E-state index in [1.165, 1.54) is 22.3 Å². The van der Waals surface area contributed by atoms with Gasteiger partial charge in [-0.05, 0) is 75.8 Å². The number of fused-ring (bicyclic) bond motifs is 10. The van der Waals surface area contributed by atoms with Gasteiger partial charge in [0.05, 0.1) is 22.6 Å². The predicted octanol–water partition coefficient (Wildman–Crippen LogP) is 14.7. The van der Waals surface area contributed by atoms with Crippen LogP contribution in [0.2, 0.25) is 0 Å². The maximum absolute atomic E-state index is 6.89. The Kier molecular flexibility index (Phi) is 7.54. The molecule has 4 heteroatoms. The van der Waals surface area contributed by atoms with Crippen LogP contribution in [-0.2, 0) is 5.41 Å². The van der Waals surface area contributed by atoms with Crippen LogP contribution in [0.1, 0.15) is 25.0 Å². The van der Waals surface area contributed by atoms with Crippen molar-refractivity contribution in [2.45, 2.75) is 19.3 Å². The zero-order valence-corrected chi connectivity index (χ0v) is 33.1. The van der Waals surface area contributed by atoms with Gasteiger partial charge in [0.1, 0.15) is 11.2 Å². The Bertz CT molecular complexity index is 3510. The van der Waals surface area contributed by atoms with Crippen molar-refractivity contribution in [3.63, 3.8) is 0 Å². The van der Waals surface area contributed by atoms with Crippen LogP contribution in [0.15, 0.2) is 192 Å². The first kappa shape index (κ1) is 34.4. The van der Waals surface area contributed by atoms with Crippen LogP contribution in [0, 0.1) is 0 Å². The second-order valence-corrected chi connectivity index (χ2v) is 16.4. The first-order valence-corrected chi connectivity index (χ1v) is 20.5. The Balaban J connectivity index is 0.984. The van der Waals surface area contributed by atoms with Gasteiger partial charge >= 0.3 is 0 Å². The van der Waals surface area contributed by atoms with Crippen molar-refractivity contribution < 1.29 is 4.42 Å². The van der Waals surface area contributed by atoms with E-state index >= 15 is 0 Å². The highest BCUT2D eigenvalue weighted by Gasteiger charge is 2.35. The molecule has 0 saturated heterocycles. The zero-order chi connectivity index (χ0) is 40.0. The first-order chi connectivity index (χ1) is 29.5. The molecule has 282 valence electrons. The van der Waals surface area contributed by atoms with Crippen LogP contribution in [0.25, 0.3) is 111 Å². The third-order valence-electron chi connectivity index (χ3n) is 12.5. The van der Waals surface area contributed by atoms with Gasteiger partial charge in [-0.1, -0.05) is 159 Å². The summed E-state index contributed by atoms with van der Waals surface area (Å²) in [5.41, 5.74) is 16.8. The third-order valence-corrected chi connectivity index (χ3v) is 12.5. The van der Waals surface area contributed by atoms with E-state index in [9.17, 15) is 0 Å². The number of para-hydroxylation sites is 1. The number of rotatable bonds is 5. The van der Waals surface area contributed by atoms with Crippen molar-refractivity contribution >= 4 is 43.6 Å². The highest BCUT2D eigenvalue weighted by Crippen LogP contribution is 2.49. The number of nitrogens with zero attached hydrogens (tertiary/aromatic N) is 3. The summed E-state index contributed by atoms with van der Waals surface area (Å²) in [5.74, 6) is 0.704. The molecule has 60 heavy (non-hydrogen) atoms. The molecule has 3 heterocycles. The summed E-state index contributed by atoms with van der Waals surface area (Å²) in [6, 6.07) is 66.3. The van der Waals surface area contributed by atoms with E-state index in [2.05, 4.69) is 184 Å². The molecule has 12 rings (SSSR count). The molecule has 0 atom stereocenters. The van der Waals surface area contributed by atoms with Crippen LogP contribution in [-0.4, -0.2) is 15.0 Å². The number of aromatic nitrogens is 3. The number of benzene rings is 8. The molecule has 0 unspecified atom stereocenters. The predicted molar refractivity (Wildman–Crippen MR) is 247 cm³/mol. The Morgan fingerprint density at radius 3 is 1.88 bits per heavy atom. The minimum atomic E-state index is -0.0697. The fourth-order valence-electron chi connectivity index (χ4n) is 9.46. The van der Waals surface area contributed by atoms with Crippen molar-refractivity contribution in [3.8, 4) is 67.4 Å². The molecule has 8 aromatic carbocycles. The molecule has 1 aliphatic carbocycles. The van der Waals surface area contributed by atoms with Gasteiger partial charge < -0.3 is 4.42 Å². The second-order valence-electron chi connectivity index (χ2n) is 16.4. The molecule has 0 bridgehead atoms. The normalized spacial score (nSPS) is 13.0. The smallest absolute Gasteiger partial charge is 0.160 e. The van der Waals surface area contributed by atoms with E-state index in [0.717, 1.165) is 94.1 Å². The Morgan fingerprint density at radius 2 is 1.03 bits per heavy atom. The summed E-state index contributed by atoms with van der Waals surface area (Å²) >= 11 is 0. The van der Waals surface area contributed by atoms with Gasteiger partial charge in [-0.25, -0.2) is 15.0 Å². The lowest BCUT2D eigenvalue weighted by Gasteiger charge is -2.21. The van der Waals surface area contributed by atoms with Gasteiger partial charge in [0.25, 0.3) is 0 Å². The molecule has 0 saturated carbocycles. The van der Waals surface area contributed by atoms with Crippen LogP contribution >= 0.6 is 0 Å². The summed E-state index contributed by atoms with van der Waals surface area (Å²) in [5, 5.41) is 5.42. The van der Waals surface area contributed by atoms with Crippen molar-refractivity contribution in [2.75, 3.05) is 0 Å². The number of furan rings is 1. The molecule has 0 radical (unpaired) electrons. The van der Waals surface area contributed by atoms with Gasteiger partial charge in [-0.2, -0.15) is 0 Å². The van der Waals surface area contributed by atoms with Crippen LogP contribution in [0.3, 0.4) is 0 Å². The maximum atomic E-state index is 6.89. The summed E-state index contributed by atoms with van der Waals surface area (Å²) < 4.78 is 6.89. The summed E-state index contributed by atoms with van der Waals surface area (Å²) in [7, 11) is 0. The molecule has 0 spiro atoms. The fourth-order valence-corrected chi connectivity index (χ4v) is 9.46. The van der Waals surface area contributed by atoms with Crippen molar-refractivity contribution in [1.82, 2.24) is 15.0 Å². The topological polar surface area (TPSA) is 51.8 Å². The lowest BCUT2D eigenvalue weighted by atomic mass is 9.82. The van der Waals surface area contributed by atoms with Crippen LogP contribution in [0.5, 0.6) is 0 Å². The molecule has 0 amide bonds. The third kappa shape index (κ3) is 5.34. The Morgan fingerprint density at radius 1 is 0.400 bits per heavy atom. The molecule has 0 fully saturated rings. The molecule has 11 aromatic rings. The number of hydrogen-bond acceptors (Lipinski definition) is 4. The molecule has 3 aromatic heterocycles. The van der Waals surface area contributed by atoms with Gasteiger partial charge in [0.2, 0.25) is 0 Å². The van der Waals surface area contributed by atoms with Gasteiger partial charge in [0.15, 0.2) is 5.82 Å². The minimum Gasteiger partial charge on any atom is -0.455 e. The van der Waals surface area contributed by atoms with Crippen molar-refractivity contribution in [1.29, 1.82) is 0 Å². The lowest BCUT2D eigenvalue weighted by molar-refractivity contribution is 0.660. The highest BCUT2D eigenvalue weighted by molar-refractivity contribution is 6.24. The standard InChI is InChI=1S/C56H37N3O/c1-56(2)46-22-11-9-20-40(46)45-31-39(25-29-47(45)56)55-58-49(34-14-5-3-6-15-34)33-50(59-55)38-19-13-18-36(30-38)37-24-26-41-42-27-28-44-52(54(42)60-51(41)32-37)43-21-10-12-23-48(43)57-53(44)35-16-7-4-8-17-35/h3-33H,1-2H3. The fraction of sp³-hybridized carbons (Fsp3) is 0.0536. The average Bonchev–Trinajstić information content (AvgIpc) is 3.80. The molecule has 0 aliphatic heterocycles. The molecule has 0 N–H and O–H groups in total. The van der Waals surface area contributed by atoms with E-state index in [0.29, 0.717) is 5.82 Å². The number of pyridine rings is 1. The van der Waals surface area contributed by atoms with Gasteiger partial charge in [0, 0.05) is 54.6 Å². The summed E-state index contributed by atoms with van der Waals surface area (Å²) in [6.45, 7) is 4.62. The van der Waals surface area contributed by atoms with Crippen LogP contribution in [0.4, 0.5) is 0 Å². The van der Waals surface area contributed by atoms with E-state index in [-0.39, 0.29) is 5.41 Å². The van der Waals surface area contributed by atoms with Crippen molar-refractivity contribution in [2.24, 2.45) is 0 Å². The highest BCUT2D eigenvalue weighted by atomic mass is 16.3. The minimum absolute atomic E-state index is 0.0697. The van der Waals surface area contributed by atoms with E-state index < -0.39 is 0 Å². The average molecular weight is 768 g/mol. The number of hydrogen-bond donors (Lipinski definition) is 0.